The monoisotopic (exact) mass is 237 g/mol. The van der Waals surface area contributed by atoms with E-state index in [1.54, 1.807) is 11.0 Å². The first-order valence-electron chi connectivity index (χ1n) is 5.40. The largest absolute Gasteiger partial charge is 0.396 e. The third-order valence-corrected chi connectivity index (χ3v) is 3.36. The molecule has 4 heteroatoms. The summed E-state index contributed by atoms with van der Waals surface area (Å²) in [7, 11) is 0. The van der Waals surface area contributed by atoms with Crippen molar-refractivity contribution in [1.82, 2.24) is 4.90 Å². The zero-order valence-corrected chi connectivity index (χ0v) is 9.86. The molecule has 1 fully saturated rings. The van der Waals surface area contributed by atoms with Gasteiger partial charge in [-0.25, -0.2) is 0 Å². The number of thiol groups is 1. The molecular formula is C12H15NO2S. The van der Waals surface area contributed by atoms with Crippen molar-refractivity contribution in [1.29, 1.82) is 0 Å². The van der Waals surface area contributed by atoms with E-state index in [9.17, 15) is 4.79 Å². The van der Waals surface area contributed by atoms with Crippen LogP contribution < -0.4 is 0 Å². The van der Waals surface area contributed by atoms with E-state index in [2.05, 4.69) is 12.6 Å². The highest BCUT2D eigenvalue weighted by Crippen LogP contribution is 2.21. The van der Waals surface area contributed by atoms with Gasteiger partial charge in [0.1, 0.15) is 0 Å². The van der Waals surface area contributed by atoms with E-state index in [0.29, 0.717) is 17.0 Å². The molecule has 86 valence electrons. The summed E-state index contributed by atoms with van der Waals surface area (Å²) in [5.74, 6) is 0.248. The summed E-state index contributed by atoms with van der Waals surface area (Å²) in [6.07, 6.45) is 0.886. The van der Waals surface area contributed by atoms with Crippen LogP contribution in [0.4, 0.5) is 0 Å². The zero-order valence-electron chi connectivity index (χ0n) is 8.97. The van der Waals surface area contributed by atoms with Gasteiger partial charge in [0.25, 0.3) is 5.91 Å². The van der Waals surface area contributed by atoms with Gasteiger partial charge in [-0.3, -0.25) is 4.79 Å². The van der Waals surface area contributed by atoms with Gasteiger partial charge in [-0.15, -0.1) is 12.6 Å². The van der Waals surface area contributed by atoms with Gasteiger partial charge in [0.05, 0.1) is 5.56 Å². The summed E-state index contributed by atoms with van der Waals surface area (Å²) < 4.78 is 0. The first-order valence-corrected chi connectivity index (χ1v) is 5.85. The van der Waals surface area contributed by atoms with E-state index in [4.69, 9.17) is 5.11 Å². The number of aliphatic hydroxyl groups excluding tert-OH is 1. The SMILES string of the molecule is O=C(c1ccccc1S)N1CCC(CO)C1. The van der Waals surface area contributed by atoms with E-state index in [1.807, 2.05) is 18.2 Å². The maximum atomic E-state index is 12.1. The highest BCUT2D eigenvalue weighted by atomic mass is 32.1. The van der Waals surface area contributed by atoms with Crippen LogP contribution in [0.15, 0.2) is 29.2 Å². The van der Waals surface area contributed by atoms with Crippen molar-refractivity contribution in [2.75, 3.05) is 19.7 Å². The zero-order chi connectivity index (χ0) is 11.5. The Balaban J connectivity index is 2.12. The van der Waals surface area contributed by atoms with Crippen LogP contribution >= 0.6 is 12.6 Å². The molecule has 2 rings (SSSR count). The van der Waals surface area contributed by atoms with E-state index < -0.39 is 0 Å². The quantitative estimate of drug-likeness (QED) is 0.764. The van der Waals surface area contributed by atoms with Gasteiger partial charge in [0.15, 0.2) is 0 Å². The molecule has 1 saturated heterocycles. The number of nitrogens with zero attached hydrogens (tertiary/aromatic N) is 1. The predicted octanol–water partition coefficient (Wildman–Crippen LogP) is 1.43. The number of carbonyl (C=O) groups is 1. The Morgan fingerprint density at radius 3 is 2.88 bits per heavy atom. The van der Waals surface area contributed by atoms with Crippen LogP contribution in [0, 0.1) is 5.92 Å². The molecule has 0 aromatic heterocycles. The maximum absolute atomic E-state index is 12.1. The van der Waals surface area contributed by atoms with Gasteiger partial charge in [-0.1, -0.05) is 12.1 Å². The lowest BCUT2D eigenvalue weighted by Crippen LogP contribution is -2.29. The van der Waals surface area contributed by atoms with E-state index in [0.717, 1.165) is 13.0 Å². The molecule has 1 aliphatic rings. The molecule has 1 atom stereocenters. The fraction of sp³-hybridized carbons (Fsp3) is 0.417. The minimum atomic E-state index is 0.0153. The number of carbonyl (C=O) groups excluding carboxylic acids is 1. The topological polar surface area (TPSA) is 40.5 Å². The number of hydrogen-bond acceptors (Lipinski definition) is 3. The number of hydrogen-bond donors (Lipinski definition) is 2. The van der Waals surface area contributed by atoms with Gasteiger partial charge in [0.2, 0.25) is 0 Å². The van der Waals surface area contributed by atoms with Crippen LogP contribution in [0.1, 0.15) is 16.8 Å². The van der Waals surface area contributed by atoms with Crippen molar-refractivity contribution < 1.29 is 9.90 Å². The van der Waals surface area contributed by atoms with E-state index >= 15 is 0 Å². The summed E-state index contributed by atoms with van der Waals surface area (Å²) in [6.45, 7) is 1.54. The fourth-order valence-electron chi connectivity index (χ4n) is 1.99. The number of rotatable bonds is 2. The van der Waals surface area contributed by atoms with Crippen LogP contribution in [-0.4, -0.2) is 35.6 Å². The van der Waals surface area contributed by atoms with Crippen molar-refractivity contribution in [2.24, 2.45) is 5.92 Å². The molecular weight excluding hydrogens is 222 g/mol. The standard InChI is InChI=1S/C12H15NO2S/c14-8-9-5-6-13(7-9)12(15)10-3-1-2-4-11(10)16/h1-4,9,14,16H,5-8H2. The molecule has 1 aromatic carbocycles. The maximum Gasteiger partial charge on any atom is 0.254 e. The second kappa shape index (κ2) is 4.89. The van der Waals surface area contributed by atoms with Gasteiger partial charge in [0, 0.05) is 30.5 Å². The predicted molar refractivity (Wildman–Crippen MR) is 64.8 cm³/mol. The Morgan fingerprint density at radius 2 is 2.25 bits per heavy atom. The van der Waals surface area contributed by atoms with Crippen LogP contribution in [0.3, 0.4) is 0 Å². The van der Waals surface area contributed by atoms with E-state index in [1.165, 1.54) is 0 Å². The smallest absolute Gasteiger partial charge is 0.254 e. The van der Waals surface area contributed by atoms with Crippen molar-refractivity contribution >= 4 is 18.5 Å². The Hall–Kier alpha value is -1.00. The average Bonchev–Trinajstić information content (AvgIpc) is 2.77. The molecule has 1 unspecified atom stereocenters. The Labute approximate surface area is 100 Å². The lowest BCUT2D eigenvalue weighted by atomic mass is 10.1. The van der Waals surface area contributed by atoms with Crippen molar-refractivity contribution in [3.63, 3.8) is 0 Å². The molecule has 1 amide bonds. The molecule has 1 N–H and O–H groups in total. The van der Waals surface area contributed by atoms with E-state index in [-0.39, 0.29) is 18.4 Å². The van der Waals surface area contributed by atoms with Crippen LogP contribution in [0.5, 0.6) is 0 Å². The van der Waals surface area contributed by atoms with Gasteiger partial charge >= 0.3 is 0 Å². The van der Waals surface area contributed by atoms with Gasteiger partial charge < -0.3 is 10.0 Å². The highest BCUT2D eigenvalue weighted by molar-refractivity contribution is 7.80. The van der Waals surface area contributed by atoms with Crippen molar-refractivity contribution in [2.45, 2.75) is 11.3 Å². The van der Waals surface area contributed by atoms with Crippen LogP contribution in [0.2, 0.25) is 0 Å². The molecule has 0 aliphatic carbocycles. The van der Waals surface area contributed by atoms with Crippen LogP contribution in [0.25, 0.3) is 0 Å². The normalized spacial score (nSPS) is 20.1. The lowest BCUT2D eigenvalue weighted by molar-refractivity contribution is 0.0778. The average molecular weight is 237 g/mol. The Bertz CT molecular complexity index is 394. The number of aliphatic hydroxyl groups is 1. The first kappa shape index (κ1) is 11.5. The summed E-state index contributed by atoms with van der Waals surface area (Å²) >= 11 is 4.28. The van der Waals surface area contributed by atoms with Crippen molar-refractivity contribution in [3.05, 3.63) is 29.8 Å². The Kier molecular flexibility index (Phi) is 3.51. The molecule has 0 spiro atoms. The van der Waals surface area contributed by atoms with Gasteiger partial charge in [-0.2, -0.15) is 0 Å². The summed E-state index contributed by atoms with van der Waals surface area (Å²) in [5.41, 5.74) is 0.643. The second-order valence-electron chi connectivity index (χ2n) is 4.11. The molecule has 0 saturated carbocycles. The molecule has 16 heavy (non-hydrogen) atoms. The summed E-state index contributed by atoms with van der Waals surface area (Å²) in [4.78, 5) is 14.6. The number of amides is 1. The summed E-state index contributed by atoms with van der Waals surface area (Å²) in [6, 6.07) is 7.30. The molecule has 1 aromatic rings. The highest BCUT2D eigenvalue weighted by Gasteiger charge is 2.26. The number of benzene rings is 1. The second-order valence-corrected chi connectivity index (χ2v) is 4.59. The minimum absolute atomic E-state index is 0.0153. The third kappa shape index (κ3) is 2.23. The van der Waals surface area contributed by atoms with Crippen molar-refractivity contribution in [3.8, 4) is 0 Å². The molecule has 1 aliphatic heterocycles. The minimum Gasteiger partial charge on any atom is -0.396 e. The fourth-order valence-corrected chi connectivity index (χ4v) is 2.25. The third-order valence-electron chi connectivity index (χ3n) is 2.97. The number of likely N-dealkylation sites (tertiary alicyclic amines) is 1. The molecule has 0 bridgehead atoms. The van der Waals surface area contributed by atoms with Crippen LogP contribution in [-0.2, 0) is 0 Å². The molecule has 0 radical (unpaired) electrons. The van der Waals surface area contributed by atoms with Gasteiger partial charge in [-0.05, 0) is 18.6 Å². The molecule has 3 nitrogen and oxygen atoms in total. The lowest BCUT2D eigenvalue weighted by Gasteiger charge is -2.17. The Morgan fingerprint density at radius 1 is 1.50 bits per heavy atom. The first-order chi connectivity index (χ1) is 7.72. The summed E-state index contributed by atoms with van der Waals surface area (Å²) in [5, 5.41) is 9.04. The molecule has 1 heterocycles.